The van der Waals surface area contributed by atoms with Crippen molar-refractivity contribution in [2.24, 2.45) is 0 Å². The highest BCUT2D eigenvalue weighted by Gasteiger charge is 2.27. The summed E-state index contributed by atoms with van der Waals surface area (Å²) in [6.07, 6.45) is -1.52. The van der Waals surface area contributed by atoms with E-state index in [0.717, 1.165) is 0 Å². The van der Waals surface area contributed by atoms with Crippen LogP contribution < -0.4 is 0 Å². The van der Waals surface area contributed by atoms with Crippen LogP contribution in [0.4, 0.5) is 0 Å². The van der Waals surface area contributed by atoms with Gasteiger partial charge in [0.1, 0.15) is 6.10 Å². The molecule has 0 spiro atoms. The van der Waals surface area contributed by atoms with Gasteiger partial charge in [-0.3, -0.25) is 0 Å². The molecule has 1 fully saturated rings. The second kappa shape index (κ2) is 3.30. The van der Waals surface area contributed by atoms with Crippen molar-refractivity contribution < 1.29 is 20.1 Å². The largest absolute Gasteiger partial charge is 0.394 e. The molecule has 10 heavy (non-hydrogen) atoms. The fourth-order valence-electron chi connectivity index (χ4n) is 0.967. The van der Waals surface area contributed by atoms with Crippen LogP contribution in [0.2, 0.25) is 0 Å². The van der Waals surface area contributed by atoms with Crippen LogP contribution in [0.25, 0.3) is 0 Å². The Hall–Kier alpha value is -0.160. The summed E-state index contributed by atoms with van der Waals surface area (Å²) < 4.78 is 4.95. The average Bonchev–Trinajstić information content (AvgIpc) is 1.95. The SMILES string of the molecule is OC[C@H]1C[C@H](O)[C@H](O)CO1. The first-order chi connectivity index (χ1) is 4.74. The summed E-state index contributed by atoms with van der Waals surface area (Å²) in [5.41, 5.74) is 0. The molecular formula is C6H12O4. The van der Waals surface area contributed by atoms with E-state index >= 15 is 0 Å². The van der Waals surface area contributed by atoms with Crippen LogP contribution >= 0.6 is 0 Å². The van der Waals surface area contributed by atoms with Gasteiger partial charge < -0.3 is 20.1 Å². The van der Waals surface area contributed by atoms with E-state index in [1.165, 1.54) is 0 Å². The van der Waals surface area contributed by atoms with E-state index < -0.39 is 12.2 Å². The van der Waals surface area contributed by atoms with Gasteiger partial charge in [0.25, 0.3) is 0 Å². The van der Waals surface area contributed by atoms with Crippen LogP contribution in [0.1, 0.15) is 6.42 Å². The van der Waals surface area contributed by atoms with Crippen LogP contribution in [0.3, 0.4) is 0 Å². The van der Waals surface area contributed by atoms with Gasteiger partial charge in [-0.15, -0.1) is 0 Å². The van der Waals surface area contributed by atoms with Gasteiger partial charge in [-0.05, 0) is 0 Å². The van der Waals surface area contributed by atoms with E-state index in [4.69, 9.17) is 20.1 Å². The summed E-state index contributed by atoms with van der Waals surface area (Å²) in [5, 5.41) is 26.5. The zero-order valence-electron chi connectivity index (χ0n) is 5.60. The Morgan fingerprint density at radius 1 is 1.30 bits per heavy atom. The van der Waals surface area contributed by atoms with Crippen molar-refractivity contribution in [2.75, 3.05) is 13.2 Å². The van der Waals surface area contributed by atoms with Crippen molar-refractivity contribution in [3.63, 3.8) is 0 Å². The summed E-state index contributed by atoms with van der Waals surface area (Å²) >= 11 is 0. The number of aliphatic hydroxyl groups excluding tert-OH is 3. The normalized spacial score (nSPS) is 41.7. The Morgan fingerprint density at radius 2 is 2.00 bits per heavy atom. The molecule has 0 bridgehead atoms. The Balaban J connectivity index is 2.33. The Bertz CT molecular complexity index is 106. The zero-order valence-corrected chi connectivity index (χ0v) is 5.60. The van der Waals surface area contributed by atoms with Crippen LogP contribution in [-0.2, 0) is 4.74 Å². The first-order valence-corrected chi connectivity index (χ1v) is 3.32. The molecule has 3 atom stereocenters. The molecule has 0 aliphatic carbocycles. The minimum absolute atomic E-state index is 0.0935. The topological polar surface area (TPSA) is 69.9 Å². The van der Waals surface area contributed by atoms with E-state index in [0.29, 0.717) is 6.42 Å². The van der Waals surface area contributed by atoms with Crippen LogP contribution in [0, 0.1) is 0 Å². The molecule has 60 valence electrons. The van der Waals surface area contributed by atoms with E-state index in [9.17, 15) is 0 Å². The average molecular weight is 148 g/mol. The molecule has 0 unspecified atom stereocenters. The fraction of sp³-hybridized carbons (Fsp3) is 1.00. The smallest absolute Gasteiger partial charge is 0.103 e. The molecule has 4 nitrogen and oxygen atoms in total. The van der Waals surface area contributed by atoms with E-state index in [-0.39, 0.29) is 19.3 Å². The van der Waals surface area contributed by atoms with Crippen LogP contribution in [-0.4, -0.2) is 46.8 Å². The number of rotatable bonds is 1. The summed E-state index contributed by atoms with van der Waals surface area (Å²) in [7, 11) is 0. The second-order valence-electron chi connectivity index (χ2n) is 2.51. The third kappa shape index (κ3) is 1.67. The fourth-order valence-corrected chi connectivity index (χ4v) is 0.967. The molecular weight excluding hydrogens is 136 g/mol. The summed E-state index contributed by atoms with van der Waals surface area (Å²) in [6, 6.07) is 0. The third-order valence-electron chi connectivity index (χ3n) is 1.65. The van der Waals surface area contributed by atoms with Gasteiger partial charge in [-0.2, -0.15) is 0 Å². The molecule has 1 heterocycles. The van der Waals surface area contributed by atoms with Crippen LogP contribution in [0.15, 0.2) is 0 Å². The summed E-state index contributed by atoms with van der Waals surface area (Å²) in [6.45, 7) is 0.0240. The molecule has 0 aromatic rings. The lowest BCUT2D eigenvalue weighted by molar-refractivity contribution is -0.131. The van der Waals surface area contributed by atoms with Crippen molar-refractivity contribution in [3.05, 3.63) is 0 Å². The Labute approximate surface area is 59.1 Å². The number of hydrogen-bond donors (Lipinski definition) is 3. The van der Waals surface area contributed by atoms with Crippen LogP contribution in [0.5, 0.6) is 0 Å². The molecule has 1 saturated heterocycles. The highest BCUT2D eigenvalue weighted by atomic mass is 16.5. The standard InChI is InChI=1S/C6H12O4/c7-2-4-1-5(8)6(9)3-10-4/h4-9H,1-3H2/t4-,5+,6-/m1/s1. The van der Waals surface area contributed by atoms with Gasteiger partial charge >= 0.3 is 0 Å². The molecule has 0 radical (unpaired) electrons. The predicted octanol–water partition coefficient (Wildman–Crippen LogP) is -1.51. The third-order valence-corrected chi connectivity index (χ3v) is 1.65. The molecule has 0 aromatic heterocycles. The lowest BCUT2D eigenvalue weighted by Crippen LogP contribution is -2.42. The zero-order chi connectivity index (χ0) is 7.56. The highest BCUT2D eigenvalue weighted by Crippen LogP contribution is 2.13. The number of hydrogen-bond acceptors (Lipinski definition) is 4. The van der Waals surface area contributed by atoms with Gasteiger partial charge in [-0.1, -0.05) is 0 Å². The molecule has 1 rings (SSSR count). The molecule has 0 amide bonds. The van der Waals surface area contributed by atoms with Crippen molar-refractivity contribution in [3.8, 4) is 0 Å². The molecule has 1 aliphatic heterocycles. The van der Waals surface area contributed by atoms with Gasteiger partial charge in [0.15, 0.2) is 0 Å². The van der Waals surface area contributed by atoms with Crippen molar-refractivity contribution in [1.29, 1.82) is 0 Å². The van der Waals surface area contributed by atoms with Crippen molar-refractivity contribution in [2.45, 2.75) is 24.7 Å². The maximum absolute atomic E-state index is 9.04. The minimum Gasteiger partial charge on any atom is -0.394 e. The van der Waals surface area contributed by atoms with Crippen molar-refractivity contribution in [1.82, 2.24) is 0 Å². The highest BCUT2D eigenvalue weighted by molar-refractivity contribution is 4.76. The lowest BCUT2D eigenvalue weighted by Gasteiger charge is -2.29. The molecule has 1 aliphatic rings. The maximum Gasteiger partial charge on any atom is 0.103 e. The lowest BCUT2D eigenvalue weighted by atomic mass is 10.0. The van der Waals surface area contributed by atoms with E-state index in [2.05, 4.69) is 0 Å². The molecule has 0 aromatic carbocycles. The van der Waals surface area contributed by atoms with Gasteiger partial charge in [0.2, 0.25) is 0 Å². The molecule has 4 heteroatoms. The van der Waals surface area contributed by atoms with Gasteiger partial charge in [0, 0.05) is 6.42 Å². The monoisotopic (exact) mass is 148 g/mol. The maximum atomic E-state index is 9.04. The van der Waals surface area contributed by atoms with Gasteiger partial charge in [0.05, 0.1) is 25.4 Å². The van der Waals surface area contributed by atoms with Gasteiger partial charge in [-0.25, -0.2) is 0 Å². The quantitative estimate of drug-likeness (QED) is 0.423. The van der Waals surface area contributed by atoms with E-state index in [1.54, 1.807) is 0 Å². The Morgan fingerprint density at radius 3 is 2.50 bits per heavy atom. The summed E-state index contributed by atoms with van der Waals surface area (Å²) in [4.78, 5) is 0. The molecule has 3 N–H and O–H groups in total. The van der Waals surface area contributed by atoms with Crippen molar-refractivity contribution >= 4 is 0 Å². The molecule has 0 saturated carbocycles. The Kier molecular flexibility index (Phi) is 2.62. The second-order valence-corrected chi connectivity index (χ2v) is 2.51. The number of ether oxygens (including phenoxy) is 1. The number of aliphatic hydroxyl groups is 3. The predicted molar refractivity (Wildman–Crippen MR) is 33.5 cm³/mol. The summed E-state index contributed by atoms with van der Waals surface area (Å²) in [5.74, 6) is 0. The first kappa shape index (κ1) is 7.94. The van der Waals surface area contributed by atoms with E-state index in [1.807, 2.05) is 0 Å². The first-order valence-electron chi connectivity index (χ1n) is 3.32. The minimum atomic E-state index is -0.789.